The molecule has 0 aliphatic carbocycles. The Balaban J connectivity index is 2.13. The predicted molar refractivity (Wildman–Crippen MR) is 73.6 cm³/mol. The molecule has 2 heterocycles. The Kier molecular flexibility index (Phi) is 4.59. The lowest BCUT2D eigenvalue weighted by Gasteiger charge is -2.09. The van der Waals surface area contributed by atoms with Gasteiger partial charge < -0.3 is 4.57 Å². The molecule has 0 aliphatic rings. The molecule has 2 aromatic heterocycles. The number of carbonyl (C=O) groups is 1. The molecule has 0 bridgehead atoms. The lowest BCUT2D eigenvalue weighted by molar-refractivity contribution is -0.139. The standard InChI is InChI=1S/C12H11F3N4O2S/c1-2-9-17-18-11(22-9)16-8(20)6-19-5-3-4-7(10(19)21)12(13,14)15/h3-5H,2,6H2,1H3,(H,16,18,20). The third-order valence-electron chi connectivity index (χ3n) is 2.66. The molecule has 0 atom stereocenters. The van der Waals surface area contributed by atoms with Crippen molar-refractivity contribution in [3.63, 3.8) is 0 Å². The van der Waals surface area contributed by atoms with Gasteiger partial charge in [0.05, 0.1) is 0 Å². The highest BCUT2D eigenvalue weighted by molar-refractivity contribution is 7.15. The molecule has 0 aliphatic heterocycles. The second-order valence-corrected chi connectivity index (χ2v) is 5.32. The molecule has 118 valence electrons. The predicted octanol–water partition coefficient (Wildman–Crippen LogP) is 1.92. The summed E-state index contributed by atoms with van der Waals surface area (Å²) in [7, 11) is 0. The smallest absolute Gasteiger partial charge is 0.306 e. The lowest BCUT2D eigenvalue weighted by atomic mass is 10.2. The average molecular weight is 332 g/mol. The Morgan fingerprint density at radius 1 is 1.41 bits per heavy atom. The van der Waals surface area contributed by atoms with Gasteiger partial charge in [-0.25, -0.2) is 0 Å². The summed E-state index contributed by atoms with van der Waals surface area (Å²) in [6.45, 7) is 1.33. The first-order chi connectivity index (χ1) is 10.3. The summed E-state index contributed by atoms with van der Waals surface area (Å²) < 4.78 is 38.6. The van der Waals surface area contributed by atoms with Crippen LogP contribution in [0.3, 0.4) is 0 Å². The summed E-state index contributed by atoms with van der Waals surface area (Å²) in [4.78, 5) is 23.5. The number of anilines is 1. The molecule has 1 N–H and O–H groups in total. The maximum atomic E-state index is 12.6. The van der Waals surface area contributed by atoms with Gasteiger partial charge in [-0.05, 0) is 18.6 Å². The first kappa shape index (κ1) is 16.1. The fourth-order valence-electron chi connectivity index (χ4n) is 1.64. The number of halogens is 3. The monoisotopic (exact) mass is 332 g/mol. The van der Waals surface area contributed by atoms with Crippen LogP contribution in [0.2, 0.25) is 0 Å². The Bertz CT molecular complexity index is 738. The number of aromatic nitrogens is 3. The molecule has 0 unspecified atom stereocenters. The minimum atomic E-state index is -4.76. The van der Waals surface area contributed by atoms with E-state index in [2.05, 4.69) is 15.5 Å². The molecule has 1 amide bonds. The molecule has 0 aromatic carbocycles. The zero-order chi connectivity index (χ0) is 16.3. The van der Waals surface area contributed by atoms with Gasteiger partial charge in [-0.3, -0.25) is 14.9 Å². The van der Waals surface area contributed by atoms with Crippen LogP contribution in [-0.2, 0) is 23.9 Å². The number of amides is 1. The summed E-state index contributed by atoms with van der Waals surface area (Å²) in [5.74, 6) is -0.653. The number of nitrogens with zero attached hydrogens (tertiary/aromatic N) is 3. The van der Waals surface area contributed by atoms with Gasteiger partial charge in [0.2, 0.25) is 11.0 Å². The number of aryl methyl sites for hydroxylation is 1. The molecule has 0 spiro atoms. The normalized spacial score (nSPS) is 11.5. The van der Waals surface area contributed by atoms with Crippen LogP contribution in [0.25, 0.3) is 0 Å². The number of carbonyl (C=O) groups excluding carboxylic acids is 1. The third-order valence-corrected chi connectivity index (χ3v) is 3.64. The molecule has 2 rings (SSSR count). The minimum Gasteiger partial charge on any atom is -0.306 e. The highest BCUT2D eigenvalue weighted by Gasteiger charge is 2.34. The number of hydrogen-bond donors (Lipinski definition) is 1. The van der Waals surface area contributed by atoms with E-state index in [0.717, 1.165) is 23.6 Å². The Morgan fingerprint density at radius 2 is 2.14 bits per heavy atom. The van der Waals surface area contributed by atoms with Crippen LogP contribution < -0.4 is 10.9 Å². The van der Waals surface area contributed by atoms with E-state index in [4.69, 9.17) is 0 Å². The van der Waals surface area contributed by atoms with Crippen LogP contribution in [0, 0.1) is 0 Å². The van der Waals surface area contributed by atoms with Gasteiger partial charge in [-0.1, -0.05) is 18.3 Å². The first-order valence-electron chi connectivity index (χ1n) is 6.20. The molecule has 2 aromatic rings. The highest BCUT2D eigenvalue weighted by atomic mass is 32.1. The van der Waals surface area contributed by atoms with Crippen molar-refractivity contribution in [2.75, 3.05) is 5.32 Å². The molecule has 0 saturated heterocycles. The molecule has 0 radical (unpaired) electrons. The van der Waals surface area contributed by atoms with E-state index >= 15 is 0 Å². The zero-order valence-electron chi connectivity index (χ0n) is 11.3. The van der Waals surface area contributed by atoms with Gasteiger partial charge >= 0.3 is 6.18 Å². The molecule has 6 nitrogen and oxygen atoms in total. The van der Waals surface area contributed by atoms with E-state index in [9.17, 15) is 22.8 Å². The topological polar surface area (TPSA) is 76.9 Å². The molecule has 0 fully saturated rings. The Labute approximate surface area is 126 Å². The summed E-state index contributed by atoms with van der Waals surface area (Å²) in [6, 6.07) is 1.74. The third kappa shape index (κ3) is 3.70. The summed E-state index contributed by atoms with van der Waals surface area (Å²) in [6.07, 6.45) is -2.98. The first-order valence-corrected chi connectivity index (χ1v) is 7.01. The zero-order valence-corrected chi connectivity index (χ0v) is 12.2. The maximum absolute atomic E-state index is 12.6. The average Bonchev–Trinajstić information content (AvgIpc) is 2.87. The maximum Gasteiger partial charge on any atom is 0.421 e. The van der Waals surface area contributed by atoms with Crippen molar-refractivity contribution in [1.82, 2.24) is 14.8 Å². The molecular weight excluding hydrogens is 321 g/mol. The van der Waals surface area contributed by atoms with Crippen LogP contribution >= 0.6 is 11.3 Å². The van der Waals surface area contributed by atoms with Gasteiger partial charge in [-0.15, -0.1) is 10.2 Å². The van der Waals surface area contributed by atoms with Crippen molar-refractivity contribution < 1.29 is 18.0 Å². The Hall–Kier alpha value is -2.23. The largest absolute Gasteiger partial charge is 0.421 e. The quantitative estimate of drug-likeness (QED) is 0.928. The molecule has 22 heavy (non-hydrogen) atoms. The van der Waals surface area contributed by atoms with E-state index in [1.54, 1.807) is 0 Å². The van der Waals surface area contributed by atoms with Crippen LogP contribution in [0.4, 0.5) is 18.3 Å². The van der Waals surface area contributed by atoms with E-state index in [-0.39, 0.29) is 5.13 Å². The van der Waals surface area contributed by atoms with Gasteiger partial charge in [-0.2, -0.15) is 13.2 Å². The van der Waals surface area contributed by atoms with Crippen molar-refractivity contribution in [3.05, 3.63) is 39.3 Å². The van der Waals surface area contributed by atoms with Crippen molar-refractivity contribution in [2.45, 2.75) is 26.1 Å². The highest BCUT2D eigenvalue weighted by Crippen LogP contribution is 2.26. The van der Waals surface area contributed by atoms with E-state index < -0.39 is 29.8 Å². The number of hydrogen-bond acceptors (Lipinski definition) is 5. The molecule has 0 saturated carbocycles. The summed E-state index contributed by atoms with van der Waals surface area (Å²) >= 11 is 1.16. The van der Waals surface area contributed by atoms with Crippen molar-refractivity contribution in [1.29, 1.82) is 0 Å². The number of alkyl halides is 3. The second-order valence-electron chi connectivity index (χ2n) is 4.26. The SMILES string of the molecule is CCc1nnc(NC(=O)Cn2cccc(C(F)(F)F)c2=O)s1. The Morgan fingerprint density at radius 3 is 2.73 bits per heavy atom. The van der Waals surface area contributed by atoms with Crippen LogP contribution in [0.15, 0.2) is 23.1 Å². The second kappa shape index (κ2) is 6.26. The van der Waals surface area contributed by atoms with Gasteiger partial charge in [0.25, 0.3) is 5.56 Å². The van der Waals surface area contributed by atoms with E-state index in [0.29, 0.717) is 22.1 Å². The number of nitrogens with one attached hydrogen (secondary N) is 1. The number of rotatable bonds is 4. The van der Waals surface area contributed by atoms with Crippen molar-refractivity contribution in [2.24, 2.45) is 0 Å². The number of pyridine rings is 1. The summed E-state index contributed by atoms with van der Waals surface area (Å²) in [5, 5.41) is 10.9. The van der Waals surface area contributed by atoms with Crippen molar-refractivity contribution in [3.8, 4) is 0 Å². The van der Waals surface area contributed by atoms with Crippen LogP contribution in [-0.4, -0.2) is 20.7 Å². The van der Waals surface area contributed by atoms with Gasteiger partial charge in [0.1, 0.15) is 17.1 Å². The van der Waals surface area contributed by atoms with Crippen LogP contribution in [0.5, 0.6) is 0 Å². The summed E-state index contributed by atoms with van der Waals surface area (Å²) in [5.41, 5.74) is -2.58. The van der Waals surface area contributed by atoms with E-state index in [1.165, 1.54) is 0 Å². The fraction of sp³-hybridized carbons (Fsp3) is 0.333. The van der Waals surface area contributed by atoms with Gasteiger partial charge in [0.15, 0.2) is 0 Å². The molecular formula is C12H11F3N4O2S. The van der Waals surface area contributed by atoms with Gasteiger partial charge in [0, 0.05) is 6.20 Å². The molecule has 10 heteroatoms. The van der Waals surface area contributed by atoms with Crippen LogP contribution in [0.1, 0.15) is 17.5 Å². The fourth-order valence-corrected chi connectivity index (χ4v) is 2.33. The minimum absolute atomic E-state index is 0.238. The lowest BCUT2D eigenvalue weighted by Crippen LogP contribution is -2.31. The van der Waals surface area contributed by atoms with Crippen molar-refractivity contribution >= 4 is 22.4 Å². The van der Waals surface area contributed by atoms with E-state index in [1.807, 2.05) is 6.92 Å².